The number of rotatable bonds is 3. The van der Waals surface area contributed by atoms with Crippen LogP contribution in [0, 0.1) is 20.8 Å². The fraction of sp³-hybridized carbons (Fsp3) is 0.353. The summed E-state index contributed by atoms with van der Waals surface area (Å²) in [5, 5.41) is 3.04. The van der Waals surface area contributed by atoms with Gasteiger partial charge >= 0.3 is 0 Å². The molecule has 0 unspecified atom stereocenters. The third-order valence-corrected chi connectivity index (χ3v) is 3.96. The van der Waals surface area contributed by atoms with E-state index < -0.39 is 0 Å². The van der Waals surface area contributed by atoms with Gasteiger partial charge in [0.15, 0.2) is 0 Å². The summed E-state index contributed by atoms with van der Waals surface area (Å²) in [6.45, 7) is 6.10. The molecule has 1 aliphatic rings. The number of carbonyl (C=O) groups is 1. The number of benzene rings is 1. The van der Waals surface area contributed by atoms with Crippen LogP contribution in [0.1, 0.15) is 46.1 Å². The Hall–Kier alpha value is -2.23. The van der Waals surface area contributed by atoms with E-state index in [1.165, 1.54) is 5.56 Å². The van der Waals surface area contributed by atoms with Crippen LogP contribution in [0.5, 0.6) is 0 Å². The molecular weight excluding hydrogens is 262 g/mol. The lowest BCUT2D eigenvalue weighted by Gasteiger charge is -2.14. The molecule has 0 aliphatic heterocycles. The fourth-order valence-corrected chi connectivity index (χ4v) is 2.89. The highest BCUT2D eigenvalue weighted by molar-refractivity contribution is 6.04. The highest BCUT2D eigenvalue weighted by Crippen LogP contribution is 2.37. The maximum Gasteiger partial charge on any atom is 0.272 e. The Labute approximate surface area is 125 Å². The molecule has 0 atom stereocenters. The fourth-order valence-electron chi connectivity index (χ4n) is 2.89. The molecule has 4 heteroatoms. The van der Waals surface area contributed by atoms with E-state index in [2.05, 4.69) is 24.4 Å². The molecular formula is C17H21N3O. The van der Waals surface area contributed by atoms with E-state index in [4.69, 9.17) is 5.73 Å². The van der Waals surface area contributed by atoms with Crippen LogP contribution in [0.3, 0.4) is 0 Å². The molecule has 0 spiro atoms. The third kappa shape index (κ3) is 2.66. The van der Waals surface area contributed by atoms with Crippen LogP contribution in [0.25, 0.3) is 0 Å². The zero-order valence-electron chi connectivity index (χ0n) is 12.7. The number of nitrogens with two attached hydrogens (primary N) is 1. The molecule has 0 bridgehead atoms. The molecule has 3 rings (SSSR count). The average molecular weight is 283 g/mol. The molecule has 1 aliphatic carbocycles. The summed E-state index contributed by atoms with van der Waals surface area (Å²) >= 11 is 0. The van der Waals surface area contributed by atoms with Crippen molar-refractivity contribution in [3.05, 3.63) is 46.8 Å². The van der Waals surface area contributed by atoms with Gasteiger partial charge in [-0.15, -0.1) is 0 Å². The number of hydrogen-bond acceptors (Lipinski definition) is 2. The van der Waals surface area contributed by atoms with Gasteiger partial charge in [-0.25, -0.2) is 0 Å². The summed E-state index contributed by atoms with van der Waals surface area (Å²) in [4.78, 5) is 12.6. The lowest BCUT2D eigenvalue weighted by atomic mass is 10.1. The predicted molar refractivity (Wildman–Crippen MR) is 85.7 cm³/mol. The minimum absolute atomic E-state index is 0.0892. The SMILES string of the molecule is Cc1cc(C)c(NC(=O)c2cc(N)cn2C2CC2)c(C)c1. The third-order valence-electron chi connectivity index (χ3n) is 3.96. The Morgan fingerprint density at radius 2 is 1.81 bits per heavy atom. The Bertz CT molecular complexity index is 688. The molecule has 1 saturated carbocycles. The van der Waals surface area contributed by atoms with Crippen molar-refractivity contribution in [3.63, 3.8) is 0 Å². The number of nitrogens with one attached hydrogen (secondary N) is 1. The highest BCUT2D eigenvalue weighted by atomic mass is 16.2. The lowest BCUT2D eigenvalue weighted by molar-refractivity contribution is 0.101. The molecule has 0 saturated heterocycles. The van der Waals surface area contributed by atoms with Gasteiger partial charge in [0.05, 0.1) is 5.69 Å². The Morgan fingerprint density at radius 1 is 1.19 bits per heavy atom. The Morgan fingerprint density at radius 3 is 2.38 bits per heavy atom. The van der Waals surface area contributed by atoms with E-state index in [0.717, 1.165) is 29.7 Å². The maximum absolute atomic E-state index is 12.6. The van der Waals surface area contributed by atoms with Gasteiger partial charge in [-0.05, 0) is 50.8 Å². The van der Waals surface area contributed by atoms with Crippen LogP contribution >= 0.6 is 0 Å². The summed E-state index contributed by atoms with van der Waals surface area (Å²) in [7, 11) is 0. The van der Waals surface area contributed by atoms with E-state index in [1.807, 2.05) is 24.6 Å². The molecule has 0 radical (unpaired) electrons. The van der Waals surface area contributed by atoms with E-state index in [9.17, 15) is 4.79 Å². The van der Waals surface area contributed by atoms with Gasteiger partial charge in [-0.2, -0.15) is 0 Å². The van der Waals surface area contributed by atoms with Gasteiger partial charge in [0, 0.05) is 17.9 Å². The summed E-state index contributed by atoms with van der Waals surface area (Å²) < 4.78 is 2.00. The first-order chi connectivity index (χ1) is 9.95. The molecule has 1 aromatic carbocycles. The first-order valence-corrected chi connectivity index (χ1v) is 7.32. The minimum Gasteiger partial charge on any atom is -0.397 e. The molecule has 1 amide bonds. The molecule has 21 heavy (non-hydrogen) atoms. The van der Waals surface area contributed by atoms with E-state index >= 15 is 0 Å². The number of nitrogens with zero attached hydrogens (tertiary/aromatic N) is 1. The molecule has 2 aromatic rings. The van der Waals surface area contributed by atoms with Gasteiger partial charge in [0.2, 0.25) is 0 Å². The zero-order chi connectivity index (χ0) is 15.1. The standard InChI is InChI=1S/C17H21N3O/c1-10-6-11(2)16(12(3)7-10)19-17(21)15-8-13(18)9-20(15)14-4-5-14/h6-9,14H,4-5,18H2,1-3H3,(H,19,21). The van der Waals surface area contributed by atoms with Crippen LogP contribution in [-0.2, 0) is 0 Å². The summed E-state index contributed by atoms with van der Waals surface area (Å²) in [5.41, 5.74) is 11.4. The van der Waals surface area contributed by atoms with Crippen molar-refractivity contribution in [2.75, 3.05) is 11.1 Å². The highest BCUT2D eigenvalue weighted by Gasteiger charge is 2.28. The van der Waals surface area contributed by atoms with Crippen molar-refractivity contribution in [1.82, 2.24) is 4.57 Å². The van der Waals surface area contributed by atoms with Crippen LogP contribution in [0.2, 0.25) is 0 Å². The van der Waals surface area contributed by atoms with Crippen LogP contribution in [-0.4, -0.2) is 10.5 Å². The van der Waals surface area contributed by atoms with Crippen molar-refractivity contribution >= 4 is 17.3 Å². The van der Waals surface area contributed by atoms with Crippen molar-refractivity contribution in [2.24, 2.45) is 0 Å². The van der Waals surface area contributed by atoms with Gasteiger partial charge in [-0.1, -0.05) is 17.7 Å². The number of aromatic nitrogens is 1. The first-order valence-electron chi connectivity index (χ1n) is 7.32. The second-order valence-electron chi connectivity index (χ2n) is 6.02. The number of hydrogen-bond donors (Lipinski definition) is 2. The average Bonchev–Trinajstić information content (AvgIpc) is 3.16. The molecule has 1 heterocycles. The Kier molecular flexibility index (Phi) is 3.24. The van der Waals surface area contributed by atoms with Crippen molar-refractivity contribution < 1.29 is 4.79 Å². The zero-order valence-corrected chi connectivity index (χ0v) is 12.7. The predicted octanol–water partition coefficient (Wildman–Crippen LogP) is 3.58. The van der Waals surface area contributed by atoms with Gasteiger partial charge < -0.3 is 15.6 Å². The topological polar surface area (TPSA) is 60.1 Å². The number of amides is 1. The second kappa shape index (κ2) is 4.95. The minimum atomic E-state index is -0.0892. The van der Waals surface area contributed by atoms with E-state index in [0.29, 0.717) is 17.4 Å². The van der Waals surface area contributed by atoms with Crippen LogP contribution in [0.4, 0.5) is 11.4 Å². The van der Waals surface area contributed by atoms with E-state index in [1.54, 1.807) is 6.07 Å². The monoisotopic (exact) mass is 283 g/mol. The lowest BCUT2D eigenvalue weighted by Crippen LogP contribution is -2.17. The summed E-state index contributed by atoms with van der Waals surface area (Å²) in [6, 6.07) is 6.35. The molecule has 1 fully saturated rings. The van der Waals surface area contributed by atoms with Crippen LogP contribution in [0.15, 0.2) is 24.4 Å². The number of carbonyl (C=O) groups excluding carboxylic acids is 1. The van der Waals surface area contributed by atoms with Crippen molar-refractivity contribution in [1.29, 1.82) is 0 Å². The van der Waals surface area contributed by atoms with Gasteiger partial charge in [0.1, 0.15) is 5.69 Å². The number of nitrogen functional groups attached to an aromatic ring is 1. The quantitative estimate of drug-likeness (QED) is 0.904. The molecule has 3 N–H and O–H groups in total. The molecule has 4 nitrogen and oxygen atoms in total. The smallest absolute Gasteiger partial charge is 0.272 e. The second-order valence-corrected chi connectivity index (χ2v) is 6.02. The molecule has 110 valence electrons. The van der Waals surface area contributed by atoms with Crippen molar-refractivity contribution in [2.45, 2.75) is 39.7 Å². The van der Waals surface area contributed by atoms with Gasteiger partial charge in [0.25, 0.3) is 5.91 Å². The number of anilines is 2. The normalized spacial score (nSPS) is 14.2. The van der Waals surface area contributed by atoms with Gasteiger partial charge in [-0.3, -0.25) is 4.79 Å². The largest absolute Gasteiger partial charge is 0.397 e. The van der Waals surface area contributed by atoms with Crippen molar-refractivity contribution in [3.8, 4) is 0 Å². The van der Waals surface area contributed by atoms with Crippen LogP contribution < -0.4 is 11.1 Å². The van der Waals surface area contributed by atoms with E-state index in [-0.39, 0.29) is 5.91 Å². The molecule has 1 aromatic heterocycles. The maximum atomic E-state index is 12.6. The first kappa shape index (κ1) is 13.7. The summed E-state index contributed by atoms with van der Waals surface area (Å²) in [6.07, 6.45) is 4.11. The number of aryl methyl sites for hydroxylation is 3. The Balaban J connectivity index is 1.90. The summed E-state index contributed by atoms with van der Waals surface area (Å²) in [5.74, 6) is -0.0892.